The lowest BCUT2D eigenvalue weighted by Gasteiger charge is -2.36. The second kappa shape index (κ2) is 11.4. The van der Waals surface area contributed by atoms with Gasteiger partial charge in [-0.15, -0.1) is 24.0 Å². The molecule has 8 heteroatoms. The van der Waals surface area contributed by atoms with E-state index >= 15 is 0 Å². The highest BCUT2D eigenvalue weighted by molar-refractivity contribution is 14.0. The Kier molecular flexibility index (Phi) is 8.56. The fourth-order valence-corrected chi connectivity index (χ4v) is 3.88. The van der Waals surface area contributed by atoms with Crippen molar-refractivity contribution < 1.29 is 4.52 Å². The lowest BCUT2D eigenvalue weighted by molar-refractivity contribution is 0.169. The van der Waals surface area contributed by atoms with Crippen molar-refractivity contribution in [2.75, 3.05) is 39.3 Å². The molecule has 0 aliphatic carbocycles. The van der Waals surface area contributed by atoms with Crippen molar-refractivity contribution in [2.45, 2.75) is 26.3 Å². The van der Waals surface area contributed by atoms with E-state index in [1.54, 1.807) is 6.26 Å². The number of halogens is 1. The lowest BCUT2D eigenvalue weighted by Crippen LogP contribution is -2.52. The quantitative estimate of drug-likeness (QED) is 0.215. The number of aliphatic imine (C=N–C) groups is 1. The van der Waals surface area contributed by atoms with E-state index in [9.17, 15) is 0 Å². The maximum Gasteiger partial charge on any atom is 0.194 e. The van der Waals surface area contributed by atoms with Crippen LogP contribution in [0.4, 0.5) is 0 Å². The molecule has 0 unspecified atom stereocenters. The number of nitrogens with one attached hydrogen (secondary N) is 2. The maximum absolute atomic E-state index is 4.93. The van der Waals surface area contributed by atoms with E-state index in [0.29, 0.717) is 0 Å². The highest BCUT2D eigenvalue weighted by Crippen LogP contribution is 2.19. The molecule has 1 aliphatic rings. The standard InChI is InChI=1S/C22H30N6O.HI/c1-2-23-22(28-13-11-27(12-14-28)17-19-9-15-29-26-19)24-10-5-6-18-16-25-21-8-4-3-7-20(18)21;/h3-4,7-9,15-16,25H,2,5-6,10-14,17H2,1H3,(H,23,24);1H. The molecule has 2 aromatic heterocycles. The van der Waals surface area contributed by atoms with Gasteiger partial charge >= 0.3 is 0 Å². The number of aromatic nitrogens is 2. The molecule has 3 aromatic rings. The third kappa shape index (κ3) is 5.75. The van der Waals surface area contributed by atoms with Gasteiger partial charge in [-0.2, -0.15) is 0 Å². The van der Waals surface area contributed by atoms with E-state index in [4.69, 9.17) is 9.52 Å². The van der Waals surface area contributed by atoms with Crippen LogP contribution < -0.4 is 5.32 Å². The summed E-state index contributed by atoms with van der Waals surface area (Å²) < 4.78 is 4.93. The van der Waals surface area contributed by atoms with Crippen molar-refractivity contribution in [2.24, 2.45) is 4.99 Å². The minimum atomic E-state index is 0. The number of guanidine groups is 1. The molecule has 1 aromatic carbocycles. The van der Waals surface area contributed by atoms with E-state index in [-0.39, 0.29) is 24.0 Å². The van der Waals surface area contributed by atoms with Gasteiger partial charge in [-0.05, 0) is 31.4 Å². The Hall–Kier alpha value is -2.07. The van der Waals surface area contributed by atoms with Crippen LogP contribution in [0.1, 0.15) is 24.6 Å². The number of aryl methyl sites for hydroxylation is 1. The van der Waals surface area contributed by atoms with Gasteiger partial charge in [0.1, 0.15) is 6.26 Å². The van der Waals surface area contributed by atoms with E-state index in [2.05, 4.69) is 62.6 Å². The van der Waals surface area contributed by atoms with Crippen molar-refractivity contribution in [3.05, 3.63) is 54.0 Å². The summed E-state index contributed by atoms with van der Waals surface area (Å²) in [7, 11) is 0. The Morgan fingerprint density at radius 3 is 2.80 bits per heavy atom. The fraction of sp³-hybridized carbons (Fsp3) is 0.455. The van der Waals surface area contributed by atoms with Crippen molar-refractivity contribution in [3.63, 3.8) is 0 Å². The van der Waals surface area contributed by atoms with Crippen LogP contribution in [0.25, 0.3) is 10.9 Å². The number of H-pyrrole nitrogens is 1. The van der Waals surface area contributed by atoms with Gasteiger partial charge in [-0.3, -0.25) is 9.89 Å². The molecule has 1 aliphatic heterocycles. The first-order chi connectivity index (χ1) is 14.3. The summed E-state index contributed by atoms with van der Waals surface area (Å²) in [5.74, 6) is 1.03. The summed E-state index contributed by atoms with van der Waals surface area (Å²) in [6.07, 6.45) is 5.85. The second-order valence-corrected chi connectivity index (χ2v) is 7.45. The summed E-state index contributed by atoms with van der Waals surface area (Å²) in [6.45, 7) is 8.67. The lowest BCUT2D eigenvalue weighted by atomic mass is 10.1. The molecular formula is C22H31IN6O. The zero-order valence-corrected chi connectivity index (χ0v) is 19.8. The van der Waals surface area contributed by atoms with Gasteiger partial charge in [0, 0.05) is 69.0 Å². The van der Waals surface area contributed by atoms with Crippen LogP contribution in [0.5, 0.6) is 0 Å². The van der Waals surface area contributed by atoms with E-state index in [1.807, 2.05) is 6.07 Å². The van der Waals surface area contributed by atoms with Crippen LogP contribution in [-0.4, -0.2) is 65.2 Å². The number of hydrogen-bond acceptors (Lipinski definition) is 4. The van der Waals surface area contributed by atoms with Crippen molar-refractivity contribution in [1.29, 1.82) is 0 Å². The predicted octanol–water partition coefficient (Wildman–Crippen LogP) is 3.49. The molecule has 0 amide bonds. The topological polar surface area (TPSA) is 72.7 Å². The van der Waals surface area contributed by atoms with Gasteiger partial charge in [-0.1, -0.05) is 23.4 Å². The van der Waals surface area contributed by atoms with E-state index < -0.39 is 0 Å². The van der Waals surface area contributed by atoms with E-state index in [1.165, 1.54) is 16.5 Å². The number of aromatic amines is 1. The summed E-state index contributed by atoms with van der Waals surface area (Å²) >= 11 is 0. The molecule has 0 bridgehead atoms. The molecular weight excluding hydrogens is 491 g/mol. The Balaban J connectivity index is 0.00000256. The minimum Gasteiger partial charge on any atom is -0.364 e. The number of rotatable bonds is 7. The van der Waals surface area contributed by atoms with Crippen molar-refractivity contribution >= 4 is 40.8 Å². The van der Waals surface area contributed by atoms with Crippen LogP contribution in [0.15, 0.2) is 52.3 Å². The van der Waals surface area contributed by atoms with Gasteiger partial charge in [-0.25, -0.2) is 0 Å². The molecule has 0 saturated carbocycles. The zero-order valence-electron chi connectivity index (χ0n) is 17.5. The molecule has 7 nitrogen and oxygen atoms in total. The minimum absolute atomic E-state index is 0. The molecule has 1 saturated heterocycles. The Morgan fingerprint density at radius 2 is 2.03 bits per heavy atom. The first-order valence-corrected chi connectivity index (χ1v) is 10.5. The van der Waals surface area contributed by atoms with Crippen LogP contribution in [0, 0.1) is 0 Å². The number of fused-ring (bicyclic) bond motifs is 1. The summed E-state index contributed by atoms with van der Waals surface area (Å²) in [4.78, 5) is 13.0. The number of benzene rings is 1. The molecule has 3 heterocycles. The Morgan fingerprint density at radius 1 is 1.20 bits per heavy atom. The SMILES string of the molecule is CCNC(=NCCCc1c[nH]c2ccccc12)N1CCN(Cc2ccon2)CC1.I. The van der Waals surface area contributed by atoms with Gasteiger partial charge in [0.25, 0.3) is 0 Å². The average Bonchev–Trinajstić information content (AvgIpc) is 3.41. The van der Waals surface area contributed by atoms with Gasteiger partial charge < -0.3 is 19.7 Å². The number of hydrogen-bond donors (Lipinski definition) is 2. The number of nitrogens with zero attached hydrogens (tertiary/aromatic N) is 4. The molecule has 4 rings (SSSR count). The summed E-state index contributed by atoms with van der Waals surface area (Å²) in [5.41, 5.74) is 3.58. The van der Waals surface area contributed by atoms with Crippen LogP contribution in [0.2, 0.25) is 0 Å². The Bertz CT molecular complexity index is 915. The van der Waals surface area contributed by atoms with Crippen LogP contribution >= 0.6 is 24.0 Å². The molecule has 0 spiro atoms. The van der Waals surface area contributed by atoms with Crippen molar-refractivity contribution in [3.8, 4) is 0 Å². The summed E-state index contributed by atoms with van der Waals surface area (Å²) in [5, 5.41) is 8.80. The normalized spacial score (nSPS) is 15.4. The first kappa shape index (κ1) is 22.6. The monoisotopic (exact) mass is 522 g/mol. The van der Waals surface area contributed by atoms with Crippen LogP contribution in [0.3, 0.4) is 0 Å². The van der Waals surface area contributed by atoms with E-state index in [0.717, 1.165) is 70.3 Å². The maximum atomic E-state index is 4.93. The highest BCUT2D eigenvalue weighted by Gasteiger charge is 2.20. The van der Waals surface area contributed by atoms with Gasteiger partial charge in [0.05, 0.1) is 5.69 Å². The van der Waals surface area contributed by atoms with Crippen molar-refractivity contribution in [1.82, 2.24) is 25.3 Å². The predicted molar refractivity (Wildman–Crippen MR) is 131 cm³/mol. The zero-order chi connectivity index (χ0) is 19.9. The molecule has 1 fully saturated rings. The summed E-state index contributed by atoms with van der Waals surface area (Å²) in [6, 6.07) is 10.4. The smallest absolute Gasteiger partial charge is 0.194 e. The second-order valence-electron chi connectivity index (χ2n) is 7.45. The molecule has 162 valence electrons. The fourth-order valence-electron chi connectivity index (χ4n) is 3.88. The van der Waals surface area contributed by atoms with Crippen LogP contribution in [-0.2, 0) is 13.0 Å². The highest BCUT2D eigenvalue weighted by atomic mass is 127. The largest absolute Gasteiger partial charge is 0.364 e. The number of piperazine rings is 1. The molecule has 30 heavy (non-hydrogen) atoms. The average molecular weight is 522 g/mol. The first-order valence-electron chi connectivity index (χ1n) is 10.5. The molecule has 0 atom stereocenters. The van der Waals surface area contributed by atoms with Gasteiger partial charge in [0.15, 0.2) is 5.96 Å². The molecule has 2 N–H and O–H groups in total. The third-order valence-electron chi connectivity index (χ3n) is 5.42. The third-order valence-corrected chi connectivity index (χ3v) is 5.42. The van der Waals surface area contributed by atoms with Gasteiger partial charge in [0.2, 0.25) is 0 Å². The molecule has 0 radical (unpaired) electrons. The number of para-hydroxylation sites is 1. The Labute approximate surface area is 194 Å².